The maximum atomic E-state index is 2.60. The Labute approximate surface area is 424 Å². The van der Waals surface area contributed by atoms with Crippen molar-refractivity contribution in [1.29, 1.82) is 0 Å². The smallest absolute Gasteiger partial charge is 0.132 e. The van der Waals surface area contributed by atoms with Crippen LogP contribution in [0.1, 0.15) is 33.4 Å². The Morgan fingerprint density at radius 2 is 0.583 bits per heavy atom. The van der Waals surface area contributed by atoms with Crippen LogP contribution in [0.3, 0.4) is 0 Å². The first kappa shape index (κ1) is 41.7. The zero-order chi connectivity index (χ0) is 47.7. The van der Waals surface area contributed by atoms with Gasteiger partial charge >= 0.3 is 0 Å². The van der Waals surface area contributed by atoms with E-state index < -0.39 is 16.1 Å². The molecular weight excluding hydrogens is 901 g/mol. The van der Waals surface area contributed by atoms with Gasteiger partial charge < -0.3 is 9.80 Å². The van der Waals surface area contributed by atoms with Gasteiger partial charge in [0.15, 0.2) is 0 Å². The van der Waals surface area contributed by atoms with Gasteiger partial charge in [0, 0.05) is 34.1 Å². The molecule has 0 N–H and O–H groups in total. The number of rotatable bonds is 4. The first-order chi connectivity index (χ1) is 35.5. The van der Waals surface area contributed by atoms with Crippen LogP contribution in [0.5, 0.6) is 0 Å². The lowest BCUT2D eigenvalue weighted by Crippen LogP contribution is -2.64. The highest BCUT2D eigenvalue weighted by Gasteiger charge is 2.50. The number of para-hydroxylation sites is 4. The van der Waals surface area contributed by atoms with Gasteiger partial charge in [0.25, 0.3) is 0 Å². The van der Waals surface area contributed by atoms with Crippen molar-refractivity contribution in [2.24, 2.45) is 0 Å². The molecule has 11 aromatic rings. The summed E-state index contributed by atoms with van der Waals surface area (Å²) in [7, 11) is -4.41. The summed E-state index contributed by atoms with van der Waals surface area (Å²) in [6, 6.07) is 93.8. The van der Waals surface area contributed by atoms with E-state index in [9.17, 15) is 0 Å². The van der Waals surface area contributed by atoms with Crippen molar-refractivity contribution < 1.29 is 0 Å². The van der Waals surface area contributed by atoms with Crippen molar-refractivity contribution in [3.63, 3.8) is 0 Å². The Hall–Kier alpha value is -8.03. The molecule has 0 bridgehead atoms. The minimum atomic E-state index is -2.20. The molecule has 2 spiro atoms. The maximum absolute atomic E-state index is 2.60. The molecule has 4 aliphatic rings. The summed E-state index contributed by atoms with van der Waals surface area (Å²) in [4.78, 5) is 5.20. The number of aryl methyl sites for hydroxylation is 2. The van der Waals surface area contributed by atoms with Crippen molar-refractivity contribution in [2.45, 2.75) is 38.0 Å². The molecule has 0 atom stereocenters. The zero-order valence-electron chi connectivity index (χ0n) is 40.7. The summed E-state index contributed by atoms with van der Waals surface area (Å²) >= 11 is 0. The van der Waals surface area contributed by atoms with Crippen molar-refractivity contribution in [1.82, 2.24) is 0 Å². The second kappa shape index (κ2) is 15.7. The first-order valence-corrected chi connectivity index (χ1v) is 30.6. The van der Waals surface area contributed by atoms with Crippen molar-refractivity contribution in [2.75, 3.05) is 9.80 Å². The van der Waals surface area contributed by atoms with Crippen molar-refractivity contribution in [3.8, 4) is 22.3 Å². The molecule has 0 aromatic heterocycles. The molecule has 4 aliphatic heterocycles. The highest BCUT2D eigenvalue weighted by atomic mass is 28.3. The molecule has 72 heavy (non-hydrogen) atoms. The molecule has 0 aliphatic carbocycles. The summed E-state index contributed by atoms with van der Waals surface area (Å²) in [5.74, 6) is 0. The molecule has 0 radical (unpaired) electrons. The van der Waals surface area contributed by atoms with Crippen LogP contribution in [0, 0.1) is 13.8 Å². The van der Waals surface area contributed by atoms with Gasteiger partial charge in [0.1, 0.15) is 16.1 Å². The topological polar surface area (TPSA) is 6.48 Å². The fourth-order valence-corrected chi connectivity index (χ4v) is 24.7. The van der Waals surface area contributed by atoms with Gasteiger partial charge in [-0.05, 0) is 173 Å². The fraction of sp³-hybridized carbons (Fsp3) is 0.0882. The SMILES string of the molecule is Cc1ccc(-c2c(-c3ccc(C)cc3)c3ccc(N4c5ccccc5[Si]5(Cc6ccccc6C5)c5ccccc54)cc3c3cc(N4c5ccccc5[Si]5(Cc6ccccc6C5)c5ccccc54)ccc23)cc1. The Kier molecular flexibility index (Phi) is 9.12. The summed E-state index contributed by atoms with van der Waals surface area (Å²) < 4.78 is 0. The number of hydrogen-bond acceptors (Lipinski definition) is 2. The Morgan fingerprint density at radius 1 is 0.292 bits per heavy atom. The second-order valence-corrected chi connectivity index (χ2v) is 29.0. The van der Waals surface area contributed by atoms with Crippen molar-refractivity contribution >= 4 is 92.6 Å². The third-order valence-electron chi connectivity index (χ3n) is 17.1. The number of anilines is 6. The van der Waals surface area contributed by atoms with Crippen LogP contribution in [-0.2, 0) is 24.2 Å². The van der Waals surface area contributed by atoms with Gasteiger partial charge in [0.05, 0.1) is 0 Å². The van der Waals surface area contributed by atoms with Crippen LogP contribution in [-0.4, -0.2) is 16.1 Å². The fourth-order valence-electron chi connectivity index (χ4n) is 13.9. The molecule has 342 valence electrons. The Morgan fingerprint density at radius 3 is 0.903 bits per heavy atom. The lowest BCUT2D eigenvalue weighted by Gasteiger charge is -2.43. The summed E-state index contributed by atoms with van der Waals surface area (Å²) in [5, 5.41) is 11.2. The van der Waals surface area contributed by atoms with Gasteiger partial charge in [-0.1, -0.05) is 193 Å². The monoisotopic (exact) mass is 952 g/mol. The average molecular weight is 953 g/mol. The van der Waals surface area contributed by atoms with Gasteiger partial charge in [-0.15, -0.1) is 0 Å². The molecule has 0 unspecified atom stereocenters. The summed E-state index contributed by atoms with van der Waals surface area (Å²) in [6.45, 7) is 4.38. The van der Waals surface area contributed by atoms with Gasteiger partial charge in [-0.25, -0.2) is 0 Å². The maximum Gasteiger partial charge on any atom is 0.132 e. The minimum absolute atomic E-state index is 1.14. The van der Waals surface area contributed by atoms with Crippen LogP contribution < -0.4 is 30.5 Å². The molecule has 15 rings (SSSR count). The molecule has 2 nitrogen and oxygen atoms in total. The van der Waals surface area contributed by atoms with E-state index >= 15 is 0 Å². The van der Waals surface area contributed by atoms with Crippen LogP contribution >= 0.6 is 0 Å². The van der Waals surface area contributed by atoms with E-state index in [-0.39, 0.29) is 0 Å². The number of benzene rings is 11. The normalized spacial score (nSPS) is 15.3. The van der Waals surface area contributed by atoms with Crippen LogP contribution in [0.15, 0.2) is 231 Å². The lowest BCUT2D eigenvalue weighted by atomic mass is 9.84. The van der Waals surface area contributed by atoms with Crippen LogP contribution in [0.25, 0.3) is 43.8 Å². The largest absolute Gasteiger partial charge is 0.311 e. The molecule has 0 saturated carbocycles. The van der Waals surface area contributed by atoms with Crippen LogP contribution in [0.2, 0.25) is 0 Å². The number of fused-ring (bicyclic) bond motifs is 13. The van der Waals surface area contributed by atoms with Crippen molar-refractivity contribution in [3.05, 3.63) is 264 Å². The third kappa shape index (κ3) is 6.00. The molecule has 0 saturated heterocycles. The Balaban J connectivity index is 0.998. The predicted molar refractivity (Wildman–Crippen MR) is 309 cm³/mol. The zero-order valence-corrected chi connectivity index (χ0v) is 42.7. The van der Waals surface area contributed by atoms with E-state index in [0.717, 1.165) is 24.2 Å². The second-order valence-electron chi connectivity index (χ2n) is 21.1. The van der Waals surface area contributed by atoms with E-state index in [1.54, 1.807) is 0 Å². The minimum Gasteiger partial charge on any atom is -0.311 e. The molecule has 11 aromatic carbocycles. The summed E-state index contributed by atoms with van der Waals surface area (Å²) in [6.07, 6.45) is 0. The van der Waals surface area contributed by atoms with E-state index in [2.05, 4.69) is 254 Å². The molecule has 0 amide bonds. The highest BCUT2D eigenvalue weighted by molar-refractivity contribution is 7.05. The van der Waals surface area contributed by atoms with E-state index in [0.29, 0.717) is 0 Å². The molecule has 4 heterocycles. The molecular formula is C68H52N2Si2. The predicted octanol–water partition coefficient (Wildman–Crippen LogP) is 14.4. The quantitative estimate of drug-likeness (QED) is 0.128. The Bertz CT molecular complexity index is 3630. The molecule has 0 fully saturated rings. The summed E-state index contributed by atoms with van der Waals surface area (Å²) in [5.41, 5.74) is 21.3. The number of hydrogen-bond donors (Lipinski definition) is 0. The third-order valence-corrected chi connectivity index (χ3v) is 26.9. The van der Waals surface area contributed by atoms with Gasteiger partial charge in [-0.3, -0.25) is 0 Å². The lowest BCUT2D eigenvalue weighted by molar-refractivity contribution is 1.27. The average Bonchev–Trinajstić information content (AvgIpc) is 4.02. The van der Waals surface area contributed by atoms with E-state index in [1.807, 2.05) is 0 Å². The highest BCUT2D eigenvalue weighted by Crippen LogP contribution is 2.50. The standard InChI is InChI=1S/C68H52N2Si2/c1-45-27-31-47(32-28-45)67-55-37-35-53(69-59-19-7-11-23-63(59)71(64-24-12-8-20-60(64)69)41-49-15-3-4-16-50(49)42-71)39-57(55)58-40-54(36-38-56(58)68(67)48-33-29-46(2)30-34-48)70-61-21-9-13-25-65(61)72(66-26-14-10-22-62(66)70)43-51-17-5-6-18-52(51)44-72/h3-40H,41-44H2,1-2H3. The van der Waals surface area contributed by atoms with E-state index in [4.69, 9.17) is 0 Å². The first-order valence-electron chi connectivity index (χ1n) is 25.8. The van der Waals surface area contributed by atoms with Gasteiger partial charge in [0.2, 0.25) is 0 Å². The number of nitrogens with zero attached hydrogens (tertiary/aromatic N) is 2. The van der Waals surface area contributed by atoms with Crippen LogP contribution in [0.4, 0.5) is 34.1 Å². The van der Waals surface area contributed by atoms with Gasteiger partial charge in [-0.2, -0.15) is 0 Å². The molecule has 4 heteroatoms. The van der Waals surface area contributed by atoms with E-state index in [1.165, 1.54) is 132 Å².